The van der Waals surface area contributed by atoms with Gasteiger partial charge in [0, 0.05) is 6.54 Å². The van der Waals surface area contributed by atoms with Gasteiger partial charge in [-0.2, -0.15) is 0 Å². The van der Waals surface area contributed by atoms with E-state index in [2.05, 4.69) is 4.72 Å². The van der Waals surface area contributed by atoms with Crippen molar-refractivity contribution in [3.63, 3.8) is 0 Å². The number of aryl methyl sites for hydroxylation is 1. The lowest BCUT2D eigenvalue weighted by molar-refractivity contribution is 0.200. The second-order valence-electron chi connectivity index (χ2n) is 4.09. The Morgan fingerprint density at radius 3 is 2.65 bits per heavy atom. The zero-order valence-corrected chi connectivity index (χ0v) is 11.3. The van der Waals surface area contributed by atoms with Crippen LogP contribution in [0.4, 0.5) is 0 Å². The standard InChI is InChI=1S/C12H19NO3S/c1-4-11(9-13-17(3,14)15)16-12-7-5-6-10(2)8-12/h5-8,11,13H,4,9H2,1-3H3. The minimum absolute atomic E-state index is 0.147. The monoisotopic (exact) mass is 257 g/mol. The van der Waals surface area contributed by atoms with Crippen LogP contribution in [0.3, 0.4) is 0 Å². The average Bonchev–Trinajstić information content (AvgIpc) is 2.23. The molecule has 17 heavy (non-hydrogen) atoms. The minimum Gasteiger partial charge on any atom is -0.489 e. The molecule has 0 spiro atoms. The molecule has 1 aromatic rings. The molecule has 1 unspecified atom stereocenters. The van der Waals surface area contributed by atoms with Crippen molar-refractivity contribution in [1.29, 1.82) is 0 Å². The topological polar surface area (TPSA) is 55.4 Å². The summed E-state index contributed by atoms with van der Waals surface area (Å²) in [7, 11) is -3.16. The molecule has 1 rings (SSSR count). The molecular weight excluding hydrogens is 238 g/mol. The molecule has 1 N–H and O–H groups in total. The Balaban J connectivity index is 2.58. The smallest absolute Gasteiger partial charge is 0.208 e. The molecule has 0 fully saturated rings. The van der Waals surface area contributed by atoms with Crippen LogP contribution < -0.4 is 9.46 Å². The molecule has 0 aliphatic carbocycles. The largest absolute Gasteiger partial charge is 0.489 e. The van der Waals surface area contributed by atoms with Gasteiger partial charge in [0.2, 0.25) is 10.0 Å². The van der Waals surface area contributed by atoms with Gasteiger partial charge in [0.15, 0.2) is 0 Å². The van der Waals surface area contributed by atoms with E-state index in [1.807, 2.05) is 38.1 Å². The highest BCUT2D eigenvalue weighted by Crippen LogP contribution is 2.15. The predicted octanol–water partition coefficient (Wildman–Crippen LogP) is 1.70. The van der Waals surface area contributed by atoms with E-state index >= 15 is 0 Å². The van der Waals surface area contributed by atoms with Gasteiger partial charge < -0.3 is 4.74 Å². The summed E-state index contributed by atoms with van der Waals surface area (Å²) in [4.78, 5) is 0. The first-order chi connectivity index (χ1) is 7.90. The lowest BCUT2D eigenvalue weighted by atomic mass is 10.2. The Morgan fingerprint density at radius 1 is 1.41 bits per heavy atom. The van der Waals surface area contributed by atoms with Crippen molar-refractivity contribution < 1.29 is 13.2 Å². The van der Waals surface area contributed by atoms with Gasteiger partial charge in [-0.1, -0.05) is 19.1 Å². The SMILES string of the molecule is CCC(CNS(C)(=O)=O)Oc1cccc(C)c1. The molecule has 4 nitrogen and oxygen atoms in total. The van der Waals surface area contributed by atoms with Crippen molar-refractivity contribution >= 4 is 10.0 Å². The Morgan fingerprint density at radius 2 is 2.12 bits per heavy atom. The maximum Gasteiger partial charge on any atom is 0.208 e. The highest BCUT2D eigenvalue weighted by Gasteiger charge is 2.11. The summed E-state index contributed by atoms with van der Waals surface area (Å²) in [6.45, 7) is 4.25. The molecule has 0 radical (unpaired) electrons. The Hall–Kier alpha value is -1.07. The van der Waals surface area contributed by atoms with E-state index in [0.29, 0.717) is 6.54 Å². The molecule has 0 saturated carbocycles. The molecule has 0 amide bonds. The fourth-order valence-electron chi connectivity index (χ4n) is 1.39. The summed E-state index contributed by atoms with van der Waals surface area (Å²) >= 11 is 0. The molecule has 96 valence electrons. The van der Waals surface area contributed by atoms with Crippen LogP contribution in [0, 0.1) is 6.92 Å². The number of ether oxygens (including phenoxy) is 1. The number of hydrogen-bond donors (Lipinski definition) is 1. The first-order valence-electron chi connectivity index (χ1n) is 5.58. The van der Waals surface area contributed by atoms with Crippen molar-refractivity contribution in [2.24, 2.45) is 0 Å². The second kappa shape index (κ2) is 6.02. The van der Waals surface area contributed by atoms with Crippen molar-refractivity contribution in [2.75, 3.05) is 12.8 Å². The van der Waals surface area contributed by atoms with Gasteiger partial charge in [0.25, 0.3) is 0 Å². The third kappa shape index (κ3) is 5.70. The van der Waals surface area contributed by atoms with E-state index in [9.17, 15) is 8.42 Å². The van der Waals surface area contributed by atoms with E-state index in [0.717, 1.165) is 24.0 Å². The minimum atomic E-state index is -3.16. The van der Waals surface area contributed by atoms with Crippen LogP contribution in [0.5, 0.6) is 5.75 Å². The average molecular weight is 257 g/mol. The summed E-state index contributed by atoms with van der Waals surface area (Å²) in [5.74, 6) is 0.771. The van der Waals surface area contributed by atoms with E-state index < -0.39 is 10.0 Å². The molecular formula is C12H19NO3S. The molecule has 0 aromatic heterocycles. The Kier molecular flexibility index (Phi) is 4.96. The van der Waals surface area contributed by atoms with Crippen molar-refractivity contribution in [1.82, 2.24) is 4.72 Å². The Bertz CT molecular complexity index is 457. The first-order valence-corrected chi connectivity index (χ1v) is 7.48. The normalized spacial score (nSPS) is 13.4. The van der Waals surface area contributed by atoms with E-state index in [-0.39, 0.29) is 6.10 Å². The molecule has 1 aromatic carbocycles. The number of nitrogens with one attached hydrogen (secondary N) is 1. The van der Waals surface area contributed by atoms with Crippen molar-refractivity contribution in [3.05, 3.63) is 29.8 Å². The highest BCUT2D eigenvalue weighted by molar-refractivity contribution is 7.88. The summed E-state index contributed by atoms with van der Waals surface area (Å²) in [6.07, 6.45) is 1.74. The molecule has 0 aliphatic rings. The van der Waals surface area contributed by atoms with Crippen LogP contribution >= 0.6 is 0 Å². The maximum atomic E-state index is 11.0. The molecule has 1 atom stereocenters. The highest BCUT2D eigenvalue weighted by atomic mass is 32.2. The predicted molar refractivity (Wildman–Crippen MR) is 68.7 cm³/mol. The maximum absolute atomic E-state index is 11.0. The molecule has 0 saturated heterocycles. The fraction of sp³-hybridized carbons (Fsp3) is 0.500. The van der Waals surface area contributed by atoms with Crippen LogP contribution in [0.1, 0.15) is 18.9 Å². The molecule has 5 heteroatoms. The zero-order valence-electron chi connectivity index (χ0n) is 10.4. The van der Waals surface area contributed by atoms with E-state index in [1.54, 1.807) is 0 Å². The number of rotatable bonds is 6. The second-order valence-corrected chi connectivity index (χ2v) is 5.92. The van der Waals surface area contributed by atoms with Crippen LogP contribution in [0.2, 0.25) is 0 Å². The van der Waals surface area contributed by atoms with Crippen LogP contribution in [0.15, 0.2) is 24.3 Å². The van der Waals surface area contributed by atoms with Gasteiger partial charge in [-0.3, -0.25) is 0 Å². The first kappa shape index (κ1) is 14.0. The summed E-state index contributed by atoms with van der Waals surface area (Å²) in [6, 6.07) is 7.71. The van der Waals surface area contributed by atoms with E-state index in [1.165, 1.54) is 0 Å². The molecule has 0 aliphatic heterocycles. The summed E-state index contributed by atoms with van der Waals surface area (Å²) < 4.78 is 30.2. The van der Waals surface area contributed by atoms with Gasteiger partial charge in [0.1, 0.15) is 11.9 Å². The van der Waals surface area contributed by atoms with Gasteiger partial charge in [0.05, 0.1) is 6.26 Å². The van der Waals surface area contributed by atoms with Crippen LogP contribution in [0.25, 0.3) is 0 Å². The summed E-state index contributed by atoms with van der Waals surface area (Å²) in [5.41, 5.74) is 1.12. The van der Waals surface area contributed by atoms with Crippen LogP contribution in [-0.4, -0.2) is 27.3 Å². The Labute approximate surface area is 103 Å². The van der Waals surface area contributed by atoms with Crippen molar-refractivity contribution in [3.8, 4) is 5.75 Å². The van der Waals surface area contributed by atoms with Gasteiger partial charge >= 0.3 is 0 Å². The lowest BCUT2D eigenvalue weighted by Crippen LogP contribution is -2.34. The number of benzene rings is 1. The summed E-state index contributed by atoms with van der Waals surface area (Å²) in [5, 5.41) is 0. The van der Waals surface area contributed by atoms with Gasteiger partial charge in [-0.05, 0) is 31.0 Å². The molecule has 0 heterocycles. The number of sulfonamides is 1. The number of hydrogen-bond acceptors (Lipinski definition) is 3. The zero-order chi connectivity index (χ0) is 12.9. The molecule has 0 bridgehead atoms. The third-order valence-electron chi connectivity index (χ3n) is 2.32. The van der Waals surface area contributed by atoms with Gasteiger partial charge in [-0.15, -0.1) is 0 Å². The van der Waals surface area contributed by atoms with Crippen LogP contribution in [-0.2, 0) is 10.0 Å². The third-order valence-corrected chi connectivity index (χ3v) is 3.01. The van der Waals surface area contributed by atoms with Gasteiger partial charge in [-0.25, -0.2) is 13.1 Å². The fourth-order valence-corrected chi connectivity index (χ4v) is 1.88. The van der Waals surface area contributed by atoms with E-state index in [4.69, 9.17) is 4.74 Å². The lowest BCUT2D eigenvalue weighted by Gasteiger charge is -2.17. The quantitative estimate of drug-likeness (QED) is 0.844. The van der Waals surface area contributed by atoms with Crippen molar-refractivity contribution in [2.45, 2.75) is 26.4 Å².